The molecule has 8 nitrogen and oxygen atoms in total. The molecule has 1 heterocycles. The molecule has 1 saturated carbocycles. The van der Waals surface area contributed by atoms with Crippen LogP contribution in [0.3, 0.4) is 0 Å². The average Bonchev–Trinajstić information content (AvgIpc) is 3.13. The summed E-state index contributed by atoms with van der Waals surface area (Å²) in [6.45, 7) is 0.354. The summed E-state index contributed by atoms with van der Waals surface area (Å²) in [5, 5.41) is 23.4. The van der Waals surface area contributed by atoms with Crippen molar-refractivity contribution in [3.8, 4) is 0 Å². The minimum Gasteiger partial charge on any atom is -0.390 e. The van der Waals surface area contributed by atoms with Crippen molar-refractivity contribution in [1.82, 2.24) is 14.9 Å². The molecule has 1 aromatic rings. The molecule has 1 atom stereocenters. The topological polar surface area (TPSA) is 110 Å². The predicted octanol–water partition coefficient (Wildman–Crippen LogP) is -0.736. The van der Waals surface area contributed by atoms with Gasteiger partial charge in [-0.05, 0) is 12.8 Å². The van der Waals surface area contributed by atoms with Crippen LogP contribution in [0.15, 0.2) is 17.2 Å². The standard InChI is InChI=1S/C10H14N4O4/c15-9(4-11-7-1-2-7)6-13-5-8(14(17)18)3-12-10(13)16/h3,5,7,9,11,15H,1-2,4,6H2. The van der Waals surface area contributed by atoms with E-state index in [1.54, 1.807) is 0 Å². The van der Waals surface area contributed by atoms with Gasteiger partial charge in [0.15, 0.2) is 0 Å². The minimum absolute atomic E-state index is 0.00671. The van der Waals surface area contributed by atoms with Crippen molar-refractivity contribution in [3.63, 3.8) is 0 Å². The Bertz CT molecular complexity index is 497. The van der Waals surface area contributed by atoms with Crippen LogP contribution in [0.5, 0.6) is 0 Å². The van der Waals surface area contributed by atoms with Gasteiger partial charge in [0.05, 0.1) is 23.8 Å². The molecule has 0 bridgehead atoms. The summed E-state index contributed by atoms with van der Waals surface area (Å²) in [5.41, 5.74) is -0.872. The number of rotatable bonds is 6. The Morgan fingerprint density at radius 3 is 3.00 bits per heavy atom. The number of aromatic nitrogens is 2. The summed E-state index contributed by atoms with van der Waals surface area (Å²) in [6.07, 6.45) is 3.44. The molecule has 8 heteroatoms. The molecule has 0 spiro atoms. The molecule has 2 rings (SSSR count). The Labute approximate surface area is 102 Å². The number of hydrogen-bond donors (Lipinski definition) is 2. The summed E-state index contributed by atoms with van der Waals surface area (Å²) in [5.74, 6) is 0. The molecule has 1 unspecified atom stereocenters. The van der Waals surface area contributed by atoms with E-state index in [9.17, 15) is 20.0 Å². The van der Waals surface area contributed by atoms with Crippen molar-refractivity contribution in [1.29, 1.82) is 0 Å². The molecule has 1 aliphatic rings. The Kier molecular flexibility index (Phi) is 3.68. The van der Waals surface area contributed by atoms with Gasteiger partial charge in [0.1, 0.15) is 6.20 Å². The summed E-state index contributed by atoms with van der Waals surface area (Å²) in [4.78, 5) is 24.7. The Morgan fingerprint density at radius 2 is 2.39 bits per heavy atom. The number of aliphatic hydroxyl groups is 1. The Hall–Kier alpha value is -1.80. The predicted molar refractivity (Wildman–Crippen MR) is 62.2 cm³/mol. The maximum absolute atomic E-state index is 11.4. The van der Waals surface area contributed by atoms with E-state index in [-0.39, 0.29) is 12.2 Å². The van der Waals surface area contributed by atoms with Crippen LogP contribution >= 0.6 is 0 Å². The van der Waals surface area contributed by atoms with Gasteiger partial charge in [-0.2, -0.15) is 4.98 Å². The maximum Gasteiger partial charge on any atom is 0.348 e. The number of aliphatic hydroxyl groups excluding tert-OH is 1. The fraction of sp³-hybridized carbons (Fsp3) is 0.600. The molecule has 0 saturated heterocycles. The van der Waals surface area contributed by atoms with Gasteiger partial charge >= 0.3 is 11.4 Å². The average molecular weight is 254 g/mol. The van der Waals surface area contributed by atoms with Gasteiger partial charge in [0.2, 0.25) is 0 Å². The normalized spacial score (nSPS) is 16.5. The first-order chi connectivity index (χ1) is 8.56. The van der Waals surface area contributed by atoms with Gasteiger partial charge in [-0.15, -0.1) is 0 Å². The van der Waals surface area contributed by atoms with Crippen LogP contribution in [-0.4, -0.2) is 38.3 Å². The SMILES string of the molecule is O=c1ncc([N+](=O)[O-])cn1CC(O)CNC1CC1. The van der Waals surface area contributed by atoms with Crippen molar-refractivity contribution in [3.05, 3.63) is 33.0 Å². The zero-order valence-electron chi connectivity index (χ0n) is 9.65. The van der Waals surface area contributed by atoms with E-state index >= 15 is 0 Å². The van der Waals surface area contributed by atoms with E-state index in [1.165, 1.54) is 0 Å². The lowest BCUT2D eigenvalue weighted by molar-refractivity contribution is -0.385. The van der Waals surface area contributed by atoms with Crippen molar-refractivity contribution in [2.45, 2.75) is 31.5 Å². The summed E-state index contributed by atoms with van der Waals surface area (Å²) in [6, 6.07) is 0.458. The summed E-state index contributed by atoms with van der Waals surface area (Å²) >= 11 is 0. The molecule has 0 aromatic carbocycles. The zero-order valence-corrected chi connectivity index (χ0v) is 9.65. The van der Waals surface area contributed by atoms with E-state index in [4.69, 9.17) is 0 Å². The van der Waals surface area contributed by atoms with Crippen molar-refractivity contribution in [2.24, 2.45) is 0 Å². The second kappa shape index (κ2) is 5.23. The maximum atomic E-state index is 11.4. The fourth-order valence-corrected chi connectivity index (χ4v) is 1.55. The number of nitrogens with zero attached hydrogens (tertiary/aromatic N) is 3. The van der Waals surface area contributed by atoms with Gasteiger partial charge in [-0.25, -0.2) is 4.79 Å². The fourth-order valence-electron chi connectivity index (χ4n) is 1.55. The smallest absolute Gasteiger partial charge is 0.348 e. The van der Waals surface area contributed by atoms with Crippen LogP contribution < -0.4 is 11.0 Å². The summed E-state index contributed by atoms with van der Waals surface area (Å²) in [7, 11) is 0. The van der Waals surface area contributed by atoms with Crippen molar-refractivity contribution >= 4 is 5.69 Å². The number of nitrogens with one attached hydrogen (secondary N) is 1. The van der Waals surface area contributed by atoms with E-state index in [0.717, 1.165) is 29.8 Å². The molecule has 0 radical (unpaired) electrons. The van der Waals surface area contributed by atoms with Crippen LogP contribution in [0.2, 0.25) is 0 Å². The largest absolute Gasteiger partial charge is 0.390 e. The van der Waals surface area contributed by atoms with Crippen LogP contribution in [0.4, 0.5) is 5.69 Å². The first kappa shape index (κ1) is 12.7. The van der Waals surface area contributed by atoms with E-state index in [1.807, 2.05) is 0 Å². The monoisotopic (exact) mass is 254 g/mol. The lowest BCUT2D eigenvalue weighted by Crippen LogP contribution is -2.35. The number of nitro groups is 1. The second-order valence-electron chi connectivity index (χ2n) is 4.34. The Morgan fingerprint density at radius 1 is 1.67 bits per heavy atom. The van der Waals surface area contributed by atoms with Gasteiger partial charge in [-0.1, -0.05) is 0 Å². The van der Waals surface area contributed by atoms with E-state index < -0.39 is 16.7 Å². The highest BCUT2D eigenvalue weighted by molar-refractivity contribution is 5.20. The third-order valence-electron chi connectivity index (χ3n) is 2.68. The van der Waals surface area contributed by atoms with Crippen LogP contribution in [0.25, 0.3) is 0 Å². The van der Waals surface area contributed by atoms with Gasteiger partial charge in [-0.3, -0.25) is 14.7 Å². The quantitative estimate of drug-likeness (QED) is 0.511. The molecular weight excluding hydrogens is 240 g/mol. The molecular formula is C10H14N4O4. The van der Waals surface area contributed by atoms with Gasteiger partial charge in [0.25, 0.3) is 0 Å². The van der Waals surface area contributed by atoms with Gasteiger partial charge in [0, 0.05) is 12.6 Å². The second-order valence-corrected chi connectivity index (χ2v) is 4.34. The van der Waals surface area contributed by atoms with E-state index in [2.05, 4.69) is 10.3 Å². The highest BCUT2D eigenvalue weighted by atomic mass is 16.6. The van der Waals surface area contributed by atoms with Gasteiger partial charge < -0.3 is 10.4 Å². The van der Waals surface area contributed by atoms with Crippen LogP contribution in [0.1, 0.15) is 12.8 Å². The zero-order chi connectivity index (χ0) is 13.1. The third kappa shape index (κ3) is 3.34. The molecule has 1 aliphatic carbocycles. The molecule has 0 amide bonds. The van der Waals surface area contributed by atoms with Crippen molar-refractivity contribution in [2.75, 3.05) is 6.54 Å². The van der Waals surface area contributed by atoms with Crippen molar-refractivity contribution < 1.29 is 10.0 Å². The molecule has 1 fully saturated rings. The lowest BCUT2D eigenvalue weighted by Gasteiger charge is -2.12. The lowest BCUT2D eigenvalue weighted by atomic mass is 10.3. The molecule has 1 aromatic heterocycles. The Balaban J connectivity index is 1.99. The minimum atomic E-state index is -0.771. The van der Waals surface area contributed by atoms with E-state index in [0.29, 0.717) is 12.6 Å². The highest BCUT2D eigenvalue weighted by Gasteiger charge is 2.21. The first-order valence-electron chi connectivity index (χ1n) is 5.68. The molecule has 18 heavy (non-hydrogen) atoms. The molecule has 0 aliphatic heterocycles. The van der Waals surface area contributed by atoms with Crippen LogP contribution in [-0.2, 0) is 6.54 Å². The number of hydrogen-bond acceptors (Lipinski definition) is 6. The first-order valence-corrected chi connectivity index (χ1v) is 5.68. The van der Waals surface area contributed by atoms with Crippen LogP contribution in [0, 0.1) is 10.1 Å². The third-order valence-corrected chi connectivity index (χ3v) is 2.68. The summed E-state index contributed by atoms with van der Waals surface area (Å²) < 4.78 is 1.05. The molecule has 98 valence electrons. The highest BCUT2D eigenvalue weighted by Crippen LogP contribution is 2.18. The molecule has 2 N–H and O–H groups in total.